The average molecular weight is 348 g/mol. The van der Waals surface area contributed by atoms with Gasteiger partial charge in [0.15, 0.2) is 23.0 Å². The van der Waals surface area contributed by atoms with Crippen molar-refractivity contribution in [1.82, 2.24) is 0 Å². The molecule has 2 atom stereocenters. The zero-order valence-corrected chi connectivity index (χ0v) is 13.1. The van der Waals surface area contributed by atoms with Gasteiger partial charge < -0.3 is 35.0 Å². The van der Waals surface area contributed by atoms with Crippen molar-refractivity contribution in [3.8, 4) is 28.7 Å². The van der Waals surface area contributed by atoms with Crippen LogP contribution < -0.4 is 4.74 Å². The number of esters is 1. The van der Waals surface area contributed by atoms with Crippen LogP contribution in [0.3, 0.4) is 0 Å². The third kappa shape index (κ3) is 2.56. The Morgan fingerprint density at radius 2 is 1.80 bits per heavy atom. The van der Waals surface area contributed by atoms with E-state index in [4.69, 9.17) is 9.47 Å². The van der Waals surface area contributed by atoms with Crippen molar-refractivity contribution >= 4 is 5.97 Å². The molecule has 0 amide bonds. The van der Waals surface area contributed by atoms with Crippen molar-refractivity contribution in [3.63, 3.8) is 0 Å². The predicted octanol–water partition coefficient (Wildman–Crippen LogP) is 1.18. The normalized spacial score (nSPS) is 19.2. The first kappa shape index (κ1) is 16.7. The highest BCUT2D eigenvalue weighted by Gasteiger charge is 2.40. The van der Waals surface area contributed by atoms with Crippen molar-refractivity contribution < 1.29 is 39.8 Å². The molecule has 2 aromatic rings. The fraction of sp³-hybridized carbons (Fsp3) is 0.235. The third-order valence-corrected chi connectivity index (χ3v) is 4.20. The van der Waals surface area contributed by atoms with Crippen LogP contribution in [0.5, 0.6) is 28.7 Å². The van der Waals surface area contributed by atoms with Crippen molar-refractivity contribution in [3.05, 3.63) is 41.0 Å². The second-order valence-electron chi connectivity index (χ2n) is 5.59. The lowest BCUT2D eigenvalue weighted by Gasteiger charge is -2.33. The van der Waals surface area contributed by atoms with E-state index < -0.39 is 41.8 Å². The summed E-state index contributed by atoms with van der Waals surface area (Å²) in [6.07, 6.45) is -1.04. The standard InChI is InChI=1S/C17H16O8/c1-24-11-4-7(2-3-9(11)19)13-12(6-18)25-17(23)8-5-10(20)15(21)16(22)14(8)13/h2-5,12-13,18-22H,6H2,1H3/t12-,13-/m1/s1. The molecular formula is C17H16O8. The van der Waals surface area contributed by atoms with Gasteiger partial charge in [0, 0.05) is 5.56 Å². The highest BCUT2D eigenvalue weighted by Crippen LogP contribution is 2.49. The molecule has 0 fully saturated rings. The monoisotopic (exact) mass is 348 g/mol. The van der Waals surface area contributed by atoms with Gasteiger partial charge in [0.25, 0.3) is 0 Å². The van der Waals surface area contributed by atoms with Crippen LogP contribution >= 0.6 is 0 Å². The minimum atomic E-state index is -1.04. The minimum absolute atomic E-state index is 0.0124. The molecule has 3 rings (SSSR count). The van der Waals surface area contributed by atoms with Gasteiger partial charge in [0.2, 0.25) is 5.75 Å². The molecule has 0 saturated carbocycles. The molecule has 5 N–H and O–H groups in total. The zero-order valence-electron chi connectivity index (χ0n) is 13.1. The summed E-state index contributed by atoms with van der Waals surface area (Å²) in [6.45, 7) is -0.542. The lowest BCUT2D eigenvalue weighted by Crippen LogP contribution is -2.35. The summed E-state index contributed by atoms with van der Waals surface area (Å²) in [7, 11) is 1.36. The molecule has 0 bridgehead atoms. The Labute approximate surface area is 142 Å². The van der Waals surface area contributed by atoms with E-state index in [2.05, 4.69) is 0 Å². The van der Waals surface area contributed by atoms with Gasteiger partial charge in [-0.15, -0.1) is 0 Å². The lowest BCUT2D eigenvalue weighted by atomic mass is 9.81. The topological polar surface area (TPSA) is 137 Å². The van der Waals surface area contributed by atoms with E-state index in [-0.39, 0.29) is 22.6 Å². The van der Waals surface area contributed by atoms with Crippen molar-refractivity contribution in [2.24, 2.45) is 0 Å². The molecule has 0 aromatic heterocycles. The van der Waals surface area contributed by atoms with Crippen LogP contribution in [-0.4, -0.2) is 51.3 Å². The summed E-state index contributed by atoms with van der Waals surface area (Å²) >= 11 is 0. The van der Waals surface area contributed by atoms with Gasteiger partial charge in [-0.3, -0.25) is 0 Å². The molecule has 0 saturated heterocycles. The molecule has 8 nitrogen and oxygen atoms in total. The summed E-state index contributed by atoms with van der Waals surface area (Å²) in [6, 6.07) is 5.33. The number of carbonyl (C=O) groups is 1. The van der Waals surface area contributed by atoms with E-state index >= 15 is 0 Å². The number of aromatic hydroxyl groups is 4. The number of benzene rings is 2. The SMILES string of the molecule is COc1cc([C@H]2c3c(cc(O)c(O)c3O)C(=O)O[C@@H]2CO)ccc1O. The Morgan fingerprint density at radius 1 is 1.08 bits per heavy atom. The predicted molar refractivity (Wildman–Crippen MR) is 84.2 cm³/mol. The van der Waals surface area contributed by atoms with Crippen LogP contribution in [-0.2, 0) is 4.74 Å². The molecule has 2 aromatic carbocycles. The Morgan fingerprint density at radius 3 is 2.44 bits per heavy atom. The fourth-order valence-corrected chi connectivity index (χ4v) is 3.01. The molecule has 1 heterocycles. The minimum Gasteiger partial charge on any atom is -0.504 e. The molecule has 25 heavy (non-hydrogen) atoms. The number of fused-ring (bicyclic) bond motifs is 1. The molecule has 1 aliphatic rings. The van der Waals surface area contributed by atoms with Crippen LogP contribution in [0.1, 0.15) is 27.4 Å². The van der Waals surface area contributed by atoms with Gasteiger partial charge >= 0.3 is 5.97 Å². The third-order valence-electron chi connectivity index (χ3n) is 4.20. The lowest BCUT2D eigenvalue weighted by molar-refractivity contribution is 0.00282. The van der Waals surface area contributed by atoms with E-state index in [1.54, 1.807) is 0 Å². The Hall–Kier alpha value is -3.13. The summed E-state index contributed by atoms with van der Waals surface area (Å²) in [5, 5.41) is 49.1. The van der Waals surface area contributed by atoms with Crippen LogP contribution in [0.2, 0.25) is 0 Å². The molecule has 1 aliphatic heterocycles. The molecule has 8 heteroatoms. The molecule has 0 aliphatic carbocycles. The first-order chi connectivity index (χ1) is 11.9. The van der Waals surface area contributed by atoms with Crippen LogP contribution in [0.15, 0.2) is 24.3 Å². The summed E-state index contributed by atoms with van der Waals surface area (Å²) in [5.41, 5.74) is 0.343. The summed E-state index contributed by atoms with van der Waals surface area (Å²) in [4.78, 5) is 12.1. The number of cyclic esters (lactones) is 1. The number of methoxy groups -OCH3 is 1. The van der Waals surface area contributed by atoms with E-state index in [9.17, 15) is 30.3 Å². The maximum atomic E-state index is 12.1. The fourth-order valence-electron chi connectivity index (χ4n) is 3.01. The van der Waals surface area contributed by atoms with Gasteiger partial charge in [0.05, 0.1) is 25.2 Å². The van der Waals surface area contributed by atoms with Crippen molar-refractivity contribution in [2.45, 2.75) is 12.0 Å². The van der Waals surface area contributed by atoms with Crippen LogP contribution in [0.4, 0.5) is 0 Å². The number of phenolic OH excluding ortho intramolecular Hbond substituents is 4. The molecule has 132 valence electrons. The maximum Gasteiger partial charge on any atom is 0.339 e. The quantitative estimate of drug-likeness (QED) is 0.412. The van der Waals surface area contributed by atoms with Crippen LogP contribution in [0, 0.1) is 0 Å². The summed E-state index contributed by atoms with van der Waals surface area (Å²) in [5.74, 6) is -3.78. The second kappa shape index (κ2) is 6.06. The first-order valence-corrected chi connectivity index (χ1v) is 7.35. The van der Waals surface area contributed by atoms with E-state index in [1.807, 2.05) is 0 Å². The van der Waals surface area contributed by atoms with Gasteiger partial charge in [-0.25, -0.2) is 4.79 Å². The number of hydrogen-bond acceptors (Lipinski definition) is 8. The van der Waals surface area contributed by atoms with Crippen molar-refractivity contribution in [2.75, 3.05) is 13.7 Å². The van der Waals surface area contributed by atoms with Gasteiger partial charge in [-0.2, -0.15) is 0 Å². The molecule has 0 unspecified atom stereocenters. The van der Waals surface area contributed by atoms with Gasteiger partial charge in [-0.05, 0) is 23.8 Å². The molecule has 0 radical (unpaired) electrons. The van der Waals surface area contributed by atoms with Gasteiger partial charge in [-0.1, -0.05) is 6.07 Å². The Balaban J connectivity index is 2.27. The second-order valence-corrected chi connectivity index (χ2v) is 5.59. The summed E-state index contributed by atoms with van der Waals surface area (Å²) < 4.78 is 10.2. The number of phenols is 4. The number of hydrogen-bond donors (Lipinski definition) is 5. The Bertz CT molecular complexity index is 845. The van der Waals surface area contributed by atoms with E-state index in [0.717, 1.165) is 6.07 Å². The van der Waals surface area contributed by atoms with Crippen molar-refractivity contribution in [1.29, 1.82) is 0 Å². The number of rotatable bonds is 3. The molecule has 0 spiro atoms. The number of carbonyl (C=O) groups excluding carboxylic acids is 1. The highest BCUT2D eigenvalue weighted by atomic mass is 16.6. The van der Waals surface area contributed by atoms with E-state index in [1.165, 1.54) is 25.3 Å². The molecular weight excluding hydrogens is 332 g/mol. The largest absolute Gasteiger partial charge is 0.504 e. The number of aliphatic hydroxyl groups is 1. The maximum absolute atomic E-state index is 12.1. The highest BCUT2D eigenvalue weighted by molar-refractivity contribution is 5.95. The van der Waals surface area contributed by atoms with Gasteiger partial charge in [0.1, 0.15) is 6.10 Å². The van der Waals surface area contributed by atoms with Crippen LogP contribution in [0.25, 0.3) is 0 Å². The van der Waals surface area contributed by atoms with E-state index in [0.29, 0.717) is 5.56 Å². The number of ether oxygens (including phenoxy) is 2. The zero-order chi connectivity index (χ0) is 18.3. The number of aliphatic hydroxyl groups excluding tert-OH is 1. The average Bonchev–Trinajstić information content (AvgIpc) is 2.60. The smallest absolute Gasteiger partial charge is 0.339 e. The first-order valence-electron chi connectivity index (χ1n) is 7.35. The Kier molecular flexibility index (Phi) is 4.05.